The second kappa shape index (κ2) is 7.79. The Labute approximate surface area is 173 Å². The van der Waals surface area contributed by atoms with Crippen LogP contribution in [0.1, 0.15) is 34.6 Å². The second-order valence-corrected chi connectivity index (χ2v) is 7.55. The molecule has 3 aromatic heterocycles. The average molecular weight is 402 g/mol. The SMILES string of the molecule is Cc1nc2nnc3ccc(C(=O)NCc4ccncc4)cc3c2n1CC1CCCO1. The van der Waals surface area contributed by atoms with Crippen LogP contribution in [0.15, 0.2) is 42.7 Å². The number of carbonyl (C=O) groups excluding carboxylic acids is 1. The van der Waals surface area contributed by atoms with Crippen molar-refractivity contribution < 1.29 is 9.53 Å². The minimum absolute atomic E-state index is 0.138. The number of hydrogen-bond donors (Lipinski definition) is 1. The smallest absolute Gasteiger partial charge is 0.251 e. The number of benzene rings is 1. The van der Waals surface area contributed by atoms with E-state index in [0.717, 1.165) is 53.8 Å². The van der Waals surface area contributed by atoms with Gasteiger partial charge in [0.2, 0.25) is 5.65 Å². The number of ether oxygens (including phenoxy) is 1. The summed E-state index contributed by atoms with van der Waals surface area (Å²) in [6.45, 7) is 3.94. The van der Waals surface area contributed by atoms with Gasteiger partial charge in [0.25, 0.3) is 5.91 Å². The molecule has 0 spiro atoms. The van der Waals surface area contributed by atoms with E-state index in [1.54, 1.807) is 18.5 Å². The molecule has 0 radical (unpaired) electrons. The summed E-state index contributed by atoms with van der Waals surface area (Å²) in [7, 11) is 0. The summed E-state index contributed by atoms with van der Waals surface area (Å²) in [5.41, 5.74) is 3.80. The van der Waals surface area contributed by atoms with Gasteiger partial charge in [-0.25, -0.2) is 4.98 Å². The molecule has 4 heterocycles. The molecule has 1 N–H and O–H groups in total. The highest BCUT2D eigenvalue weighted by molar-refractivity contribution is 6.05. The van der Waals surface area contributed by atoms with Crippen LogP contribution in [0.25, 0.3) is 22.1 Å². The first-order valence-electron chi connectivity index (χ1n) is 10.1. The lowest BCUT2D eigenvalue weighted by Crippen LogP contribution is -2.22. The number of aromatic nitrogens is 5. The van der Waals surface area contributed by atoms with Gasteiger partial charge in [-0.05, 0) is 55.7 Å². The number of carbonyl (C=O) groups is 1. The van der Waals surface area contributed by atoms with E-state index in [9.17, 15) is 4.79 Å². The molecule has 1 aliphatic heterocycles. The molecular formula is C22H22N6O2. The van der Waals surface area contributed by atoms with Crippen molar-refractivity contribution in [1.82, 2.24) is 30.0 Å². The van der Waals surface area contributed by atoms with Crippen LogP contribution in [-0.2, 0) is 17.8 Å². The average Bonchev–Trinajstić information content (AvgIpc) is 3.40. The first kappa shape index (κ1) is 18.6. The molecule has 8 heteroatoms. The van der Waals surface area contributed by atoms with Gasteiger partial charge < -0.3 is 14.6 Å². The molecule has 4 aromatic rings. The number of nitrogens with one attached hydrogen (secondary N) is 1. The summed E-state index contributed by atoms with van der Waals surface area (Å²) in [5, 5.41) is 12.4. The number of fused-ring (bicyclic) bond motifs is 3. The van der Waals surface area contributed by atoms with Crippen LogP contribution in [0.2, 0.25) is 0 Å². The first-order valence-corrected chi connectivity index (χ1v) is 10.1. The zero-order chi connectivity index (χ0) is 20.5. The van der Waals surface area contributed by atoms with Crippen LogP contribution in [0.4, 0.5) is 0 Å². The highest BCUT2D eigenvalue weighted by Crippen LogP contribution is 2.26. The quantitative estimate of drug-likeness (QED) is 0.552. The second-order valence-electron chi connectivity index (χ2n) is 7.55. The van der Waals surface area contributed by atoms with Crippen LogP contribution in [0.3, 0.4) is 0 Å². The third kappa shape index (κ3) is 3.50. The number of aryl methyl sites for hydroxylation is 1. The topological polar surface area (TPSA) is 94.8 Å². The molecule has 30 heavy (non-hydrogen) atoms. The Morgan fingerprint density at radius 1 is 1.23 bits per heavy atom. The van der Waals surface area contributed by atoms with E-state index < -0.39 is 0 Å². The van der Waals surface area contributed by atoms with Crippen molar-refractivity contribution in [2.45, 2.75) is 39.0 Å². The van der Waals surface area contributed by atoms with Gasteiger partial charge in [-0.1, -0.05) is 0 Å². The Balaban J connectivity index is 1.50. The highest BCUT2D eigenvalue weighted by atomic mass is 16.5. The van der Waals surface area contributed by atoms with E-state index in [-0.39, 0.29) is 12.0 Å². The number of hydrogen-bond acceptors (Lipinski definition) is 6. The summed E-state index contributed by atoms with van der Waals surface area (Å²) < 4.78 is 7.96. The molecule has 1 unspecified atom stereocenters. The van der Waals surface area contributed by atoms with Gasteiger partial charge in [0, 0.05) is 36.5 Å². The number of amides is 1. The molecule has 0 bridgehead atoms. The monoisotopic (exact) mass is 402 g/mol. The summed E-state index contributed by atoms with van der Waals surface area (Å²) >= 11 is 0. The third-order valence-corrected chi connectivity index (χ3v) is 5.52. The van der Waals surface area contributed by atoms with E-state index in [0.29, 0.717) is 17.8 Å². The van der Waals surface area contributed by atoms with Crippen molar-refractivity contribution in [2.75, 3.05) is 6.61 Å². The van der Waals surface area contributed by atoms with Gasteiger partial charge in [-0.3, -0.25) is 9.78 Å². The lowest BCUT2D eigenvalue weighted by Gasteiger charge is -2.13. The maximum Gasteiger partial charge on any atom is 0.251 e. The normalized spacial score (nSPS) is 16.4. The molecule has 0 aliphatic carbocycles. The van der Waals surface area contributed by atoms with E-state index in [2.05, 4.69) is 30.0 Å². The van der Waals surface area contributed by atoms with E-state index >= 15 is 0 Å². The van der Waals surface area contributed by atoms with Crippen LogP contribution < -0.4 is 5.32 Å². The largest absolute Gasteiger partial charge is 0.376 e. The fourth-order valence-electron chi connectivity index (χ4n) is 3.94. The minimum atomic E-state index is -0.138. The Hall–Kier alpha value is -3.39. The van der Waals surface area contributed by atoms with Gasteiger partial charge in [0.1, 0.15) is 5.82 Å². The third-order valence-electron chi connectivity index (χ3n) is 5.52. The molecule has 1 aromatic carbocycles. The molecule has 1 atom stereocenters. The molecule has 5 rings (SSSR count). The highest BCUT2D eigenvalue weighted by Gasteiger charge is 2.21. The molecule has 0 saturated carbocycles. The lowest BCUT2D eigenvalue weighted by atomic mass is 10.1. The predicted octanol–water partition coefficient (Wildman–Crippen LogP) is 2.79. The fraction of sp³-hybridized carbons (Fsp3) is 0.318. The van der Waals surface area contributed by atoms with E-state index in [4.69, 9.17) is 4.74 Å². The first-order chi connectivity index (χ1) is 14.7. The molecule has 1 fully saturated rings. The summed E-state index contributed by atoms with van der Waals surface area (Å²) in [5.74, 6) is 0.732. The summed E-state index contributed by atoms with van der Waals surface area (Å²) in [6, 6.07) is 9.25. The van der Waals surface area contributed by atoms with Gasteiger partial charge in [-0.15, -0.1) is 10.2 Å². The van der Waals surface area contributed by atoms with Crippen molar-refractivity contribution >= 4 is 28.0 Å². The van der Waals surface area contributed by atoms with Crippen LogP contribution >= 0.6 is 0 Å². The van der Waals surface area contributed by atoms with Crippen molar-refractivity contribution in [2.24, 2.45) is 0 Å². The molecule has 152 valence electrons. The number of imidazole rings is 1. The van der Waals surface area contributed by atoms with Gasteiger partial charge in [0.15, 0.2) is 0 Å². The lowest BCUT2D eigenvalue weighted by molar-refractivity contribution is 0.0950. The van der Waals surface area contributed by atoms with Gasteiger partial charge in [-0.2, -0.15) is 0 Å². The van der Waals surface area contributed by atoms with Crippen molar-refractivity contribution in [3.05, 3.63) is 59.7 Å². The van der Waals surface area contributed by atoms with Crippen LogP contribution in [0.5, 0.6) is 0 Å². The fourth-order valence-corrected chi connectivity index (χ4v) is 3.94. The maximum absolute atomic E-state index is 12.8. The van der Waals surface area contributed by atoms with Crippen molar-refractivity contribution in [3.8, 4) is 0 Å². The Morgan fingerprint density at radius 3 is 2.90 bits per heavy atom. The van der Waals surface area contributed by atoms with Crippen molar-refractivity contribution in [1.29, 1.82) is 0 Å². The zero-order valence-electron chi connectivity index (χ0n) is 16.7. The molecule has 1 saturated heterocycles. The number of pyridine rings is 1. The maximum atomic E-state index is 12.8. The molecule has 8 nitrogen and oxygen atoms in total. The Kier molecular flexibility index (Phi) is 4.84. The van der Waals surface area contributed by atoms with Crippen LogP contribution in [0, 0.1) is 6.92 Å². The number of nitrogens with zero attached hydrogens (tertiary/aromatic N) is 5. The molecular weight excluding hydrogens is 380 g/mol. The standard InChI is InChI=1S/C22H22N6O2/c1-14-25-21-20(28(14)13-17-3-2-10-30-17)18-11-16(4-5-19(18)26-27-21)22(29)24-12-15-6-8-23-9-7-15/h4-9,11,17H,2-3,10,12-13H2,1H3,(H,24,29). The van der Waals surface area contributed by atoms with Gasteiger partial charge in [0.05, 0.1) is 23.7 Å². The Morgan fingerprint density at radius 2 is 2.10 bits per heavy atom. The zero-order valence-corrected chi connectivity index (χ0v) is 16.7. The van der Waals surface area contributed by atoms with Crippen LogP contribution in [-0.4, -0.2) is 43.4 Å². The Bertz CT molecular complexity index is 1210. The summed E-state index contributed by atoms with van der Waals surface area (Å²) in [4.78, 5) is 21.3. The van der Waals surface area contributed by atoms with E-state index in [1.807, 2.05) is 31.2 Å². The molecule has 1 aliphatic rings. The predicted molar refractivity (Wildman–Crippen MR) is 112 cm³/mol. The minimum Gasteiger partial charge on any atom is -0.376 e. The molecule has 1 amide bonds. The van der Waals surface area contributed by atoms with Crippen molar-refractivity contribution in [3.63, 3.8) is 0 Å². The summed E-state index contributed by atoms with van der Waals surface area (Å²) in [6.07, 6.45) is 5.72. The number of rotatable bonds is 5. The van der Waals surface area contributed by atoms with E-state index in [1.165, 1.54) is 0 Å². The van der Waals surface area contributed by atoms with Gasteiger partial charge >= 0.3 is 0 Å².